The van der Waals surface area contributed by atoms with Crippen molar-refractivity contribution in [2.75, 3.05) is 6.54 Å². The lowest BCUT2D eigenvalue weighted by Crippen LogP contribution is -2.25. The molecular formula is C17H19BrFN. The topological polar surface area (TPSA) is 12.0 Å². The zero-order chi connectivity index (χ0) is 14.4. The summed E-state index contributed by atoms with van der Waals surface area (Å²) in [5.74, 6) is -0.143. The summed E-state index contributed by atoms with van der Waals surface area (Å²) in [5, 5.41) is 3.44. The first-order valence-corrected chi connectivity index (χ1v) is 7.72. The maximum absolute atomic E-state index is 14.0. The lowest BCUT2D eigenvalue weighted by atomic mass is 9.98. The van der Waals surface area contributed by atoms with Gasteiger partial charge in [-0.1, -0.05) is 53.2 Å². The van der Waals surface area contributed by atoms with E-state index in [9.17, 15) is 4.39 Å². The van der Waals surface area contributed by atoms with Crippen molar-refractivity contribution in [1.29, 1.82) is 0 Å². The summed E-state index contributed by atoms with van der Waals surface area (Å²) in [6.07, 6.45) is 1.81. The van der Waals surface area contributed by atoms with E-state index in [1.165, 1.54) is 11.6 Å². The molecule has 0 radical (unpaired) electrons. The van der Waals surface area contributed by atoms with Gasteiger partial charge in [0.15, 0.2) is 0 Å². The highest BCUT2D eigenvalue weighted by Crippen LogP contribution is 2.22. The van der Waals surface area contributed by atoms with Crippen molar-refractivity contribution >= 4 is 15.9 Å². The summed E-state index contributed by atoms with van der Waals surface area (Å²) >= 11 is 3.48. The first-order chi connectivity index (χ1) is 9.70. The summed E-state index contributed by atoms with van der Waals surface area (Å²) in [4.78, 5) is 0. The molecule has 0 saturated carbocycles. The predicted molar refractivity (Wildman–Crippen MR) is 85.3 cm³/mol. The summed E-state index contributed by atoms with van der Waals surface area (Å²) in [5.41, 5.74) is 1.93. The number of benzene rings is 2. The Kier molecular flexibility index (Phi) is 5.74. The predicted octanol–water partition coefficient (Wildman–Crippen LogP) is 4.87. The van der Waals surface area contributed by atoms with Gasteiger partial charge in [-0.05, 0) is 43.1 Å². The van der Waals surface area contributed by atoms with Crippen LogP contribution in [0, 0.1) is 5.82 Å². The molecule has 0 bridgehead atoms. The number of nitrogens with one attached hydrogen (secondary N) is 1. The van der Waals surface area contributed by atoms with Gasteiger partial charge in [-0.3, -0.25) is 0 Å². The molecule has 0 spiro atoms. The van der Waals surface area contributed by atoms with Crippen LogP contribution in [0.15, 0.2) is 53.0 Å². The van der Waals surface area contributed by atoms with E-state index in [1.54, 1.807) is 6.07 Å². The lowest BCUT2D eigenvalue weighted by molar-refractivity contribution is 0.497. The van der Waals surface area contributed by atoms with E-state index in [0.717, 1.165) is 29.4 Å². The zero-order valence-corrected chi connectivity index (χ0v) is 13.2. The SMILES string of the molecule is CCCNC(Cc1cccc(Br)c1)c1ccccc1F. The van der Waals surface area contributed by atoms with Gasteiger partial charge in [0.2, 0.25) is 0 Å². The summed E-state index contributed by atoms with van der Waals surface area (Å²) in [6, 6.07) is 15.2. The first-order valence-electron chi connectivity index (χ1n) is 6.93. The van der Waals surface area contributed by atoms with Gasteiger partial charge < -0.3 is 5.32 Å². The molecule has 0 saturated heterocycles. The number of hydrogen-bond acceptors (Lipinski definition) is 1. The molecule has 0 fully saturated rings. The second-order valence-corrected chi connectivity index (χ2v) is 5.78. The van der Waals surface area contributed by atoms with E-state index >= 15 is 0 Å². The van der Waals surface area contributed by atoms with Crippen molar-refractivity contribution in [2.24, 2.45) is 0 Å². The highest BCUT2D eigenvalue weighted by atomic mass is 79.9. The van der Waals surface area contributed by atoms with Gasteiger partial charge in [0.1, 0.15) is 5.82 Å². The van der Waals surface area contributed by atoms with Gasteiger partial charge in [-0.2, -0.15) is 0 Å². The highest BCUT2D eigenvalue weighted by Gasteiger charge is 2.15. The molecule has 0 aromatic heterocycles. The monoisotopic (exact) mass is 335 g/mol. The molecule has 1 atom stereocenters. The smallest absolute Gasteiger partial charge is 0.127 e. The lowest BCUT2D eigenvalue weighted by Gasteiger charge is -2.20. The highest BCUT2D eigenvalue weighted by molar-refractivity contribution is 9.10. The van der Waals surface area contributed by atoms with Crippen LogP contribution in [0.25, 0.3) is 0 Å². The van der Waals surface area contributed by atoms with Gasteiger partial charge >= 0.3 is 0 Å². The van der Waals surface area contributed by atoms with Crippen molar-refractivity contribution < 1.29 is 4.39 Å². The van der Waals surface area contributed by atoms with E-state index in [4.69, 9.17) is 0 Å². The van der Waals surface area contributed by atoms with Crippen LogP contribution in [0.2, 0.25) is 0 Å². The van der Waals surface area contributed by atoms with Gasteiger partial charge in [0.25, 0.3) is 0 Å². The van der Waals surface area contributed by atoms with E-state index in [2.05, 4.69) is 40.3 Å². The Morgan fingerprint density at radius 3 is 2.65 bits per heavy atom. The van der Waals surface area contributed by atoms with Crippen molar-refractivity contribution in [3.05, 3.63) is 69.9 Å². The van der Waals surface area contributed by atoms with Crippen LogP contribution in [0.3, 0.4) is 0 Å². The maximum Gasteiger partial charge on any atom is 0.127 e. The molecule has 1 nitrogen and oxygen atoms in total. The maximum atomic E-state index is 14.0. The van der Waals surface area contributed by atoms with Crippen molar-refractivity contribution in [3.63, 3.8) is 0 Å². The van der Waals surface area contributed by atoms with E-state index in [0.29, 0.717) is 0 Å². The molecule has 2 aromatic carbocycles. The van der Waals surface area contributed by atoms with Gasteiger partial charge in [0, 0.05) is 16.1 Å². The molecule has 0 aliphatic heterocycles. The normalized spacial score (nSPS) is 12.3. The van der Waals surface area contributed by atoms with E-state index < -0.39 is 0 Å². The second kappa shape index (κ2) is 7.55. The number of halogens is 2. The zero-order valence-electron chi connectivity index (χ0n) is 11.6. The first kappa shape index (κ1) is 15.2. The Labute approximate surface area is 128 Å². The third-order valence-corrected chi connectivity index (χ3v) is 3.74. The molecule has 0 aliphatic carbocycles. The third kappa shape index (κ3) is 4.15. The summed E-state index contributed by atoms with van der Waals surface area (Å²) in [7, 11) is 0. The molecular weight excluding hydrogens is 317 g/mol. The van der Waals surface area contributed by atoms with Crippen molar-refractivity contribution in [3.8, 4) is 0 Å². The minimum Gasteiger partial charge on any atom is -0.310 e. The number of rotatable bonds is 6. The average Bonchev–Trinajstić information content (AvgIpc) is 2.44. The van der Waals surface area contributed by atoms with Crippen LogP contribution in [-0.4, -0.2) is 6.54 Å². The van der Waals surface area contributed by atoms with Crippen LogP contribution < -0.4 is 5.32 Å². The molecule has 106 valence electrons. The molecule has 0 heterocycles. The van der Waals surface area contributed by atoms with Crippen molar-refractivity contribution in [2.45, 2.75) is 25.8 Å². The Bertz CT molecular complexity index is 556. The van der Waals surface area contributed by atoms with E-state index in [-0.39, 0.29) is 11.9 Å². The van der Waals surface area contributed by atoms with Crippen molar-refractivity contribution in [1.82, 2.24) is 5.32 Å². The quantitative estimate of drug-likeness (QED) is 0.793. The number of hydrogen-bond donors (Lipinski definition) is 1. The summed E-state index contributed by atoms with van der Waals surface area (Å²) in [6.45, 7) is 3.00. The van der Waals surface area contributed by atoms with E-state index in [1.807, 2.05) is 24.3 Å². The minimum atomic E-state index is -0.143. The molecule has 2 aromatic rings. The Hall–Kier alpha value is -1.19. The molecule has 3 heteroatoms. The fraction of sp³-hybridized carbons (Fsp3) is 0.294. The Morgan fingerprint density at radius 2 is 1.95 bits per heavy atom. The minimum absolute atomic E-state index is 0.00505. The van der Waals surface area contributed by atoms with Gasteiger partial charge in [-0.15, -0.1) is 0 Å². The second-order valence-electron chi connectivity index (χ2n) is 4.86. The fourth-order valence-electron chi connectivity index (χ4n) is 2.27. The third-order valence-electron chi connectivity index (χ3n) is 3.25. The fourth-order valence-corrected chi connectivity index (χ4v) is 2.71. The molecule has 0 amide bonds. The van der Waals surface area contributed by atoms with Crippen LogP contribution in [0.4, 0.5) is 4.39 Å². The Morgan fingerprint density at radius 1 is 1.15 bits per heavy atom. The van der Waals surface area contributed by atoms with Crippen LogP contribution in [-0.2, 0) is 6.42 Å². The Balaban J connectivity index is 2.22. The summed E-state index contributed by atoms with van der Waals surface area (Å²) < 4.78 is 15.1. The van der Waals surface area contributed by atoms with Crippen LogP contribution >= 0.6 is 15.9 Å². The van der Waals surface area contributed by atoms with Crippen LogP contribution in [0.5, 0.6) is 0 Å². The molecule has 2 rings (SSSR count). The average molecular weight is 336 g/mol. The molecule has 20 heavy (non-hydrogen) atoms. The molecule has 1 N–H and O–H groups in total. The molecule has 0 aliphatic rings. The molecule has 1 unspecified atom stereocenters. The van der Waals surface area contributed by atoms with Crippen LogP contribution in [0.1, 0.15) is 30.5 Å². The standard InChI is InChI=1S/C17H19BrFN/c1-2-10-20-17(15-8-3-4-9-16(15)19)12-13-6-5-7-14(18)11-13/h3-9,11,17,20H,2,10,12H2,1H3. The van der Waals surface area contributed by atoms with Gasteiger partial charge in [0.05, 0.1) is 0 Å². The largest absolute Gasteiger partial charge is 0.310 e. The van der Waals surface area contributed by atoms with Gasteiger partial charge in [-0.25, -0.2) is 4.39 Å².